The van der Waals surface area contributed by atoms with E-state index in [9.17, 15) is 4.79 Å². The fourth-order valence-electron chi connectivity index (χ4n) is 5.47. The minimum atomic E-state index is -0.0758. The van der Waals surface area contributed by atoms with E-state index < -0.39 is 0 Å². The summed E-state index contributed by atoms with van der Waals surface area (Å²) in [5, 5.41) is 1.17. The molecular formula is C29H30Cl2N2O3. The van der Waals surface area contributed by atoms with Gasteiger partial charge < -0.3 is 14.4 Å². The third-order valence-electron chi connectivity index (χ3n) is 7.55. The highest BCUT2D eigenvalue weighted by atomic mass is 35.5. The summed E-state index contributed by atoms with van der Waals surface area (Å²) in [5.41, 5.74) is 4.29. The van der Waals surface area contributed by atoms with Crippen molar-refractivity contribution in [2.75, 3.05) is 38.8 Å². The molecule has 3 aromatic carbocycles. The molecule has 0 bridgehead atoms. The number of carbonyl (C=O) groups is 1. The lowest BCUT2D eigenvalue weighted by Gasteiger charge is -2.40. The molecule has 0 aromatic heterocycles. The van der Waals surface area contributed by atoms with Crippen molar-refractivity contribution in [1.82, 2.24) is 4.90 Å². The Morgan fingerprint density at radius 2 is 1.53 bits per heavy atom. The third-order valence-corrected chi connectivity index (χ3v) is 8.28. The van der Waals surface area contributed by atoms with Gasteiger partial charge in [-0.05, 0) is 85.1 Å². The van der Waals surface area contributed by atoms with Crippen molar-refractivity contribution in [3.8, 4) is 11.5 Å². The zero-order chi connectivity index (χ0) is 25.3. The first-order valence-electron chi connectivity index (χ1n) is 12.2. The average Bonchev–Trinajstić information content (AvgIpc) is 3.21. The zero-order valence-corrected chi connectivity index (χ0v) is 22.1. The van der Waals surface area contributed by atoms with Crippen molar-refractivity contribution in [2.24, 2.45) is 0 Å². The van der Waals surface area contributed by atoms with E-state index in [0.29, 0.717) is 23.0 Å². The molecule has 7 heteroatoms. The van der Waals surface area contributed by atoms with Gasteiger partial charge in [-0.2, -0.15) is 0 Å². The zero-order valence-electron chi connectivity index (χ0n) is 20.6. The summed E-state index contributed by atoms with van der Waals surface area (Å²) in [6.45, 7) is 3.41. The molecule has 2 heterocycles. The van der Waals surface area contributed by atoms with Gasteiger partial charge in [0.05, 0.1) is 30.7 Å². The fourth-order valence-corrected chi connectivity index (χ4v) is 5.79. The van der Waals surface area contributed by atoms with E-state index in [4.69, 9.17) is 32.7 Å². The lowest BCUT2D eigenvalue weighted by atomic mass is 9.74. The van der Waals surface area contributed by atoms with Crippen LogP contribution < -0.4 is 14.4 Å². The number of fused-ring (bicyclic) bond motifs is 2. The van der Waals surface area contributed by atoms with Gasteiger partial charge in [-0.1, -0.05) is 41.4 Å². The smallest absolute Gasteiger partial charge is 0.231 e. The van der Waals surface area contributed by atoms with Crippen LogP contribution in [-0.4, -0.2) is 44.7 Å². The first kappa shape index (κ1) is 24.9. The Balaban J connectivity index is 1.34. The number of piperidine rings is 1. The van der Waals surface area contributed by atoms with E-state index in [1.165, 1.54) is 5.56 Å². The maximum absolute atomic E-state index is 13.5. The van der Waals surface area contributed by atoms with Gasteiger partial charge in [0, 0.05) is 24.2 Å². The summed E-state index contributed by atoms with van der Waals surface area (Å²) in [5.74, 6) is 1.73. The van der Waals surface area contributed by atoms with Crippen molar-refractivity contribution < 1.29 is 14.3 Å². The Hall–Kier alpha value is -2.73. The van der Waals surface area contributed by atoms with E-state index in [1.807, 2.05) is 59.5 Å². The second-order valence-corrected chi connectivity index (χ2v) is 10.5. The fraction of sp³-hybridized carbons (Fsp3) is 0.345. The second kappa shape index (κ2) is 10.3. The summed E-state index contributed by atoms with van der Waals surface area (Å²) in [6.07, 6.45) is 2.30. The maximum Gasteiger partial charge on any atom is 0.231 e. The molecule has 1 saturated heterocycles. The molecular weight excluding hydrogens is 495 g/mol. The van der Waals surface area contributed by atoms with Crippen LogP contribution in [0.3, 0.4) is 0 Å². The van der Waals surface area contributed by atoms with E-state index in [-0.39, 0.29) is 11.3 Å². The van der Waals surface area contributed by atoms with Gasteiger partial charge in [0.2, 0.25) is 5.91 Å². The molecule has 2 aliphatic heterocycles. The predicted molar refractivity (Wildman–Crippen MR) is 145 cm³/mol. The highest BCUT2D eigenvalue weighted by molar-refractivity contribution is 6.42. The van der Waals surface area contributed by atoms with Gasteiger partial charge in [0.15, 0.2) is 0 Å². The van der Waals surface area contributed by atoms with Gasteiger partial charge in [-0.25, -0.2) is 0 Å². The van der Waals surface area contributed by atoms with Crippen molar-refractivity contribution in [2.45, 2.75) is 31.2 Å². The van der Waals surface area contributed by atoms with E-state index in [2.05, 4.69) is 11.0 Å². The molecule has 0 atom stereocenters. The van der Waals surface area contributed by atoms with Gasteiger partial charge in [-0.3, -0.25) is 9.69 Å². The lowest BCUT2D eigenvalue weighted by molar-refractivity contribution is -0.118. The Labute approximate surface area is 222 Å². The number of carbonyl (C=O) groups excluding carboxylic acids is 1. The number of anilines is 1. The number of benzene rings is 3. The van der Waals surface area contributed by atoms with Crippen LogP contribution in [0.25, 0.3) is 0 Å². The molecule has 0 saturated carbocycles. The van der Waals surface area contributed by atoms with Crippen LogP contribution in [0.1, 0.15) is 29.5 Å². The molecule has 0 N–H and O–H groups in total. The normalized spacial score (nSPS) is 16.7. The average molecular weight is 525 g/mol. The summed E-state index contributed by atoms with van der Waals surface area (Å²) in [4.78, 5) is 17.9. The van der Waals surface area contributed by atoms with Crippen LogP contribution in [0.15, 0.2) is 60.7 Å². The third kappa shape index (κ3) is 4.93. The maximum atomic E-state index is 13.5. The van der Waals surface area contributed by atoms with Crippen LogP contribution in [-0.2, 0) is 23.2 Å². The molecule has 5 rings (SSSR count). The Kier molecular flexibility index (Phi) is 7.16. The SMILES string of the molecule is COc1ccc(CC(=O)N2CC3(CCN(Cc4ccc(Cl)c(Cl)c4)CC3)c3cc(OC)ccc32)cc1. The molecule has 0 radical (unpaired) electrons. The molecule has 0 aliphatic carbocycles. The summed E-state index contributed by atoms with van der Waals surface area (Å²) in [7, 11) is 3.33. The van der Waals surface area contributed by atoms with Crippen molar-refractivity contribution in [3.05, 3.63) is 87.4 Å². The summed E-state index contributed by atoms with van der Waals surface area (Å²) in [6, 6.07) is 19.7. The second-order valence-electron chi connectivity index (χ2n) is 9.69. The Morgan fingerprint density at radius 3 is 2.19 bits per heavy atom. The largest absolute Gasteiger partial charge is 0.497 e. The number of hydrogen-bond acceptors (Lipinski definition) is 4. The van der Waals surface area contributed by atoms with E-state index in [0.717, 1.165) is 60.8 Å². The Morgan fingerprint density at radius 1 is 0.861 bits per heavy atom. The Bertz CT molecular complexity index is 1250. The van der Waals surface area contributed by atoms with Crippen LogP contribution in [0, 0.1) is 0 Å². The van der Waals surface area contributed by atoms with Crippen LogP contribution in [0.5, 0.6) is 11.5 Å². The molecule has 1 amide bonds. The lowest BCUT2D eigenvalue weighted by Crippen LogP contribution is -2.46. The molecule has 2 aliphatic rings. The number of likely N-dealkylation sites (tertiary alicyclic amines) is 1. The van der Waals surface area contributed by atoms with Crippen LogP contribution in [0.2, 0.25) is 10.0 Å². The van der Waals surface area contributed by atoms with Gasteiger partial charge in [0.1, 0.15) is 11.5 Å². The number of amides is 1. The molecule has 5 nitrogen and oxygen atoms in total. The monoisotopic (exact) mass is 524 g/mol. The first-order chi connectivity index (χ1) is 17.4. The molecule has 1 fully saturated rings. The first-order valence-corrected chi connectivity index (χ1v) is 12.9. The van der Waals surface area contributed by atoms with Crippen LogP contribution >= 0.6 is 23.2 Å². The van der Waals surface area contributed by atoms with Gasteiger partial charge in [-0.15, -0.1) is 0 Å². The number of hydrogen-bond donors (Lipinski definition) is 0. The quantitative estimate of drug-likeness (QED) is 0.388. The predicted octanol–water partition coefficient (Wildman–Crippen LogP) is 6.13. The molecule has 36 heavy (non-hydrogen) atoms. The highest BCUT2D eigenvalue weighted by Crippen LogP contribution is 2.48. The summed E-state index contributed by atoms with van der Waals surface area (Å²) >= 11 is 12.3. The van der Waals surface area contributed by atoms with Gasteiger partial charge in [0.25, 0.3) is 0 Å². The minimum Gasteiger partial charge on any atom is -0.497 e. The van der Waals surface area contributed by atoms with Crippen molar-refractivity contribution in [1.29, 1.82) is 0 Å². The molecule has 188 valence electrons. The number of nitrogens with zero attached hydrogens (tertiary/aromatic N) is 2. The number of rotatable bonds is 6. The molecule has 0 unspecified atom stereocenters. The topological polar surface area (TPSA) is 42.0 Å². The highest BCUT2D eigenvalue weighted by Gasteiger charge is 2.46. The van der Waals surface area contributed by atoms with E-state index >= 15 is 0 Å². The standard InChI is InChI=1S/C29H30Cl2N2O3/c1-35-22-6-3-20(4-7-22)16-28(34)33-19-29(24-17-23(36-2)8-10-27(24)33)11-13-32(14-12-29)18-21-5-9-25(30)26(31)15-21/h3-10,15,17H,11-14,16,18-19H2,1-2H3. The number of methoxy groups -OCH3 is 2. The number of halogens is 2. The molecule has 3 aromatic rings. The number of ether oxygens (including phenoxy) is 2. The van der Waals surface area contributed by atoms with Crippen molar-refractivity contribution >= 4 is 34.8 Å². The van der Waals surface area contributed by atoms with Gasteiger partial charge >= 0.3 is 0 Å². The minimum absolute atomic E-state index is 0.0758. The molecule has 1 spiro atoms. The van der Waals surface area contributed by atoms with E-state index in [1.54, 1.807) is 14.2 Å². The summed E-state index contributed by atoms with van der Waals surface area (Å²) < 4.78 is 10.8. The van der Waals surface area contributed by atoms with Crippen molar-refractivity contribution in [3.63, 3.8) is 0 Å². The van der Waals surface area contributed by atoms with Crippen LogP contribution in [0.4, 0.5) is 5.69 Å².